The van der Waals surface area contributed by atoms with E-state index in [-0.39, 0.29) is 11.4 Å². The Bertz CT molecular complexity index is 788. The van der Waals surface area contributed by atoms with Gasteiger partial charge in [0.05, 0.1) is 11.4 Å². The molecule has 2 rings (SSSR count). The van der Waals surface area contributed by atoms with Gasteiger partial charge in [-0.2, -0.15) is 5.10 Å². The molecule has 0 aliphatic carbocycles. The molecule has 1 unspecified atom stereocenters. The number of nitrogens with one attached hydrogen (secondary N) is 1. The van der Waals surface area contributed by atoms with Crippen LogP contribution in [-0.2, 0) is 14.6 Å². The Morgan fingerprint density at radius 2 is 2.13 bits per heavy atom. The van der Waals surface area contributed by atoms with Gasteiger partial charge in [-0.1, -0.05) is 13.0 Å². The van der Waals surface area contributed by atoms with Crippen LogP contribution in [0, 0.1) is 5.82 Å². The van der Waals surface area contributed by atoms with Gasteiger partial charge in [0.15, 0.2) is 9.84 Å². The Balaban J connectivity index is 2.32. The predicted octanol–water partition coefficient (Wildman–Crippen LogP) is 2.16. The van der Waals surface area contributed by atoms with E-state index in [4.69, 9.17) is 0 Å². The first-order chi connectivity index (χ1) is 10.9. The van der Waals surface area contributed by atoms with Crippen molar-refractivity contribution in [3.63, 3.8) is 0 Å². The maximum absolute atomic E-state index is 14.1. The number of hydrogen-bond acceptors (Lipinski definition) is 4. The Kier molecular flexibility index (Phi) is 5.15. The van der Waals surface area contributed by atoms with Gasteiger partial charge < -0.3 is 5.32 Å². The average Bonchev–Trinajstić information content (AvgIpc) is 3.02. The molecule has 0 aliphatic heterocycles. The SMILES string of the molecule is CCCS(=O)(=O)C(C)C(=O)Nc1c(F)cccc1-n1cccn1. The molecule has 0 bridgehead atoms. The molecule has 6 nitrogen and oxygen atoms in total. The van der Waals surface area contributed by atoms with E-state index in [9.17, 15) is 17.6 Å². The lowest BCUT2D eigenvalue weighted by Gasteiger charge is -2.16. The van der Waals surface area contributed by atoms with E-state index in [1.807, 2.05) is 0 Å². The average molecular weight is 339 g/mol. The third-order valence-corrected chi connectivity index (χ3v) is 5.66. The molecule has 0 fully saturated rings. The number of hydrogen-bond donors (Lipinski definition) is 1. The molecule has 1 amide bonds. The normalized spacial score (nSPS) is 12.8. The fourth-order valence-electron chi connectivity index (χ4n) is 2.09. The van der Waals surface area contributed by atoms with E-state index in [2.05, 4.69) is 10.4 Å². The number of para-hydroxylation sites is 1. The van der Waals surface area contributed by atoms with Crippen LogP contribution >= 0.6 is 0 Å². The molecule has 0 radical (unpaired) electrons. The van der Waals surface area contributed by atoms with E-state index in [0.29, 0.717) is 12.1 Å². The van der Waals surface area contributed by atoms with Gasteiger partial charge in [-0.3, -0.25) is 4.79 Å². The van der Waals surface area contributed by atoms with Crippen molar-refractivity contribution in [2.45, 2.75) is 25.5 Å². The third-order valence-electron chi connectivity index (χ3n) is 3.39. The number of anilines is 1. The van der Waals surface area contributed by atoms with Gasteiger partial charge in [0.2, 0.25) is 5.91 Å². The van der Waals surface area contributed by atoms with E-state index < -0.39 is 26.8 Å². The van der Waals surface area contributed by atoms with Gasteiger partial charge in [-0.25, -0.2) is 17.5 Å². The van der Waals surface area contributed by atoms with Crippen LogP contribution in [0.4, 0.5) is 10.1 Å². The summed E-state index contributed by atoms with van der Waals surface area (Å²) >= 11 is 0. The molecule has 0 aliphatic rings. The zero-order valence-electron chi connectivity index (χ0n) is 12.9. The summed E-state index contributed by atoms with van der Waals surface area (Å²) in [6, 6.07) is 5.91. The first-order valence-corrected chi connectivity index (χ1v) is 8.89. The maximum atomic E-state index is 14.1. The highest BCUT2D eigenvalue weighted by Gasteiger charge is 2.28. The van der Waals surface area contributed by atoms with Crippen LogP contribution in [-0.4, -0.2) is 35.1 Å². The molecule has 0 saturated heterocycles. The predicted molar refractivity (Wildman–Crippen MR) is 85.7 cm³/mol. The van der Waals surface area contributed by atoms with Gasteiger partial charge in [0, 0.05) is 12.4 Å². The number of benzene rings is 1. The lowest BCUT2D eigenvalue weighted by molar-refractivity contribution is -0.115. The summed E-state index contributed by atoms with van der Waals surface area (Å²) in [5.41, 5.74) is 0.225. The number of rotatable bonds is 6. The number of nitrogens with zero attached hydrogens (tertiary/aromatic N) is 2. The van der Waals surface area contributed by atoms with Crippen LogP contribution in [0.3, 0.4) is 0 Å². The number of amides is 1. The second kappa shape index (κ2) is 6.91. The molecule has 1 heterocycles. The molecule has 23 heavy (non-hydrogen) atoms. The second-order valence-electron chi connectivity index (χ2n) is 5.08. The van der Waals surface area contributed by atoms with Crippen molar-refractivity contribution in [3.8, 4) is 5.69 Å². The van der Waals surface area contributed by atoms with Crippen molar-refractivity contribution in [1.29, 1.82) is 0 Å². The highest BCUT2D eigenvalue weighted by Crippen LogP contribution is 2.24. The summed E-state index contributed by atoms with van der Waals surface area (Å²) < 4.78 is 39.5. The quantitative estimate of drug-likeness (QED) is 0.874. The first-order valence-electron chi connectivity index (χ1n) is 7.17. The van der Waals surface area contributed by atoms with Crippen LogP contribution in [0.25, 0.3) is 5.69 Å². The smallest absolute Gasteiger partial charge is 0.242 e. The summed E-state index contributed by atoms with van der Waals surface area (Å²) in [7, 11) is -3.57. The number of carbonyl (C=O) groups excluding carboxylic acids is 1. The van der Waals surface area contributed by atoms with Crippen molar-refractivity contribution in [3.05, 3.63) is 42.5 Å². The van der Waals surface area contributed by atoms with Crippen LogP contribution in [0.1, 0.15) is 20.3 Å². The summed E-state index contributed by atoms with van der Waals surface area (Å²) in [5, 5.41) is 5.12. The van der Waals surface area contributed by atoms with Gasteiger partial charge in [-0.05, 0) is 31.5 Å². The molecular formula is C15H18FN3O3S. The molecule has 1 atom stereocenters. The van der Waals surface area contributed by atoms with Gasteiger partial charge in [0.1, 0.15) is 16.8 Å². The molecule has 124 valence electrons. The lowest BCUT2D eigenvalue weighted by atomic mass is 10.2. The van der Waals surface area contributed by atoms with Crippen LogP contribution < -0.4 is 5.32 Å². The molecule has 0 saturated carbocycles. The Hall–Kier alpha value is -2.22. The van der Waals surface area contributed by atoms with E-state index >= 15 is 0 Å². The lowest BCUT2D eigenvalue weighted by Crippen LogP contribution is -2.34. The fourth-order valence-corrected chi connectivity index (χ4v) is 3.40. The fraction of sp³-hybridized carbons (Fsp3) is 0.333. The van der Waals surface area contributed by atoms with Crippen molar-refractivity contribution < 1.29 is 17.6 Å². The van der Waals surface area contributed by atoms with Crippen molar-refractivity contribution in [2.24, 2.45) is 0 Å². The minimum Gasteiger partial charge on any atom is -0.321 e. The molecule has 2 aromatic rings. The number of sulfone groups is 1. The van der Waals surface area contributed by atoms with Gasteiger partial charge in [-0.15, -0.1) is 0 Å². The first kappa shape index (κ1) is 17.1. The molecule has 1 aromatic carbocycles. The summed E-state index contributed by atoms with van der Waals surface area (Å²) in [6.45, 7) is 3.02. The molecule has 8 heteroatoms. The Morgan fingerprint density at radius 1 is 1.39 bits per heavy atom. The number of carbonyl (C=O) groups is 1. The molecule has 0 spiro atoms. The summed E-state index contributed by atoms with van der Waals surface area (Å²) in [6.07, 6.45) is 3.53. The minimum absolute atomic E-state index is 0.0924. The van der Waals surface area contributed by atoms with Crippen molar-refractivity contribution in [1.82, 2.24) is 9.78 Å². The number of aromatic nitrogens is 2. The standard InChI is InChI=1S/C15H18FN3O3S/c1-3-10-23(21,22)11(2)15(20)18-14-12(16)6-4-7-13(14)19-9-5-8-17-19/h4-9,11H,3,10H2,1-2H3,(H,18,20). The van der Waals surface area contributed by atoms with Gasteiger partial charge >= 0.3 is 0 Å². The monoisotopic (exact) mass is 339 g/mol. The third kappa shape index (κ3) is 3.76. The molecule has 1 aromatic heterocycles. The maximum Gasteiger partial charge on any atom is 0.242 e. The summed E-state index contributed by atoms with van der Waals surface area (Å²) in [4.78, 5) is 12.2. The minimum atomic E-state index is -3.57. The van der Waals surface area contributed by atoms with Crippen LogP contribution in [0.5, 0.6) is 0 Å². The molecule has 1 N–H and O–H groups in total. The van der Waals surface area contributed by atoms with E-state index in [1.165, 1.54) is 29.9 Å². The zero-order valence-corrected chi connectivity index (χ0v) is 13.7. The Morgan fingerprint density at radius 3 is 2.74 bits per heavy atom. The highest BCUT2D eigenvalue weighted by atomic mass is 32.2. The van der Waals surface area contributed by atoms with Crippen molar-refractivity contribution >= 4 is 21.4 Å². The van der Waals surface area contributed by atoms with Gasteiger partial charge in [0.25, 0.3) is 0 Å². The largest absolute Gasteiger partial charge is 0.321 e. The van der Waals surface area contributed by atoms with Crippen molar-refractivity contribution in [2.75, 3.05) is 11.1 Å². The Labute approximate surface area is 134 Å². The molecular weight excluding hydrogens is 321 g/mol. The zero-order chi connectivity index (χ0) is 17.0. The number of halogens is 1. The van der Waals surface area contributed by atoms with E-state index in [1.54, 1.807) is 25.3 Å². The highest BCUT2D eigenvalue weighted by molar-refractivity contribution is 7.92. The van der Waals surface area contributed by atoms with Crippen LogP contribution in [0.15, 0.2) is 36.7 Å². The van der Waals surface area contributed by atoms with Crippen LogP contribution in [0.2, 0.25) is 0 Å². The van der Waals surface area contributed by atoms with E-state index in [0.717, 1.165) is 0 Å². The summed E-state index contributed by atoms with van der Waals surface area (Å²) in [5.74, 6) is -1.52. The topological polar surface area (TPSA) is 81.1 Å². The second-order valence-corrected chi connectivity index (χ2v) is 7.52.